The molecule has 0 fully saturated rings. The zero-order valence-electron chi connectivity index (χ0n) is 9.13. The van der Waals surface area contributed by atoms with Gasteiger partial charge in [-0.2, -0.15) is 0 Å². The van der Waals surface area contributed by atoms with Gasteiger partial charge in [0.15, 0.2) is 0 Å². The molecule has 0 aromatic carbocycles. The maximum absolute atomic E-state index is 2.34. The Hall–Kier alpha value is 1.79. The molecule has 0 spiro atoms. The summed E-state index contributed by atoms with van der Waals surface area (Å²) in [5.41, 5.74) is 5.03. The van der Waals surface area contributed by atoms with E-state index in [4.69, 9.17) is 0 Å². The number of hydrogen-bond acceptors (Lipinski definition) is 0. The van der Waals surface area contributed by atoms with Gasteiger partial charge in [-0.25, -0.2) is 0 Å². The average Bonchev–Trinajstić information content (AvgIpc) is 2.06. The van der Waals surface area contributed by atoms with Crippen LogP contribution in [0.25, 0.3) is 0 Å². The molecular weight excluding hydrogens is 538 g/mol. The molecule has 80 valence electrons. The quantitative estimate of drug-likeness (QED) is 0.263. The van der Waals surface area contributed by atoms with Gasteiger partial charge < -0.3 is 50.9 Å². The summed E-state index contributed by atoms with van der Waals surface area (Å²) in [6.45, 7) is 11.5. The fourth-order valence-electron chi connectivity index (χ4n) is 1.59. The molecule has 1 rings (SSSR count). The standard InChI is InChI=1S/C10H15.3BrH.Hf/c1-7-6-10(4,5)9(3)8(7)2;;;;/h1-5H3;3*1H;/q;;;;+3/p-3. The van der Waals surface area contributed by atoms with Gasteiger partial charge in [0, 0.05) is 0 Å². The zero-order chi connectivity index (χ0) is 8.81. The van der Waals surface area contributed by atoms with Crippen molar-refractivity contribution in [2.75, 3.05) is 0 Å². The van der Waals surface area contributed by atoms with Gasteiger partial charge in [-0.15, -0.1) is 0 Å². The Morgan fingerprint density at radius 3 is 1.29 bits per heavy atom. The third-order valence-corrected chi connectivity index (χ3v) is 6.66. The van der Waals surface area contributed by atoms with Crippen LogP contribution in [-0.4, -0.2) is 0 Å². The van der Waals surface area contributed by atoms with Gasteiger partial charge in [0.2, 0.25) is 0 Å². The van der Waals surface area contributed by atoms with Gasteiger partial charge in [0.05, 0.1) is 0 Å². The maximum Gasteiger partial charge on any atom is -1.00 e. The zero-order valence-corrected chi connectivity index (χ0v) is 17.5. The molecule has 0 N–H and O–H groups in total. The van der Waals surface area contributed by atoms with Crippen LogP contribution < -0.4 is 50.9 Å². The minimum atomic E-state index is 0. The van der Waals surface area contributed by atoms with Gasteiger partial charge >= 0.3 is 84.5 Å². The summed E-state index contributed by atoms with van der Waals surface area (Å²) in [6.07, 6.45) is 0. The number of halogens is 3. The maximum atomic E-state index is 2.34. The normalized spacial score (nSPS) is 18.5. The molecule has 0 bridgehead atoms. The topological polar surface area (TPSA) is 0 Å². The largest absolute Gasteiger partial charge is 1.00 e. The molecule has 0 nitrogen and oxygen atoms in total. The third-order valence-electron chi connectivity index (χ3n) is 3.06. The van der Waals surface area contributed by atoms with Crippen LogP contribution in [0, 0.1) is 5.41 Å². The summed E-state index contributed by atoms with van der Waals surface area (Å²) in [5, 5.41) is 0. The van der Waals surface area contributed by atoms with Crippen LogP contribution in [0.15, 0.2) is 20.0 Å². The Labute approximate surface area is 134 Å². The van der Waals surface area contributed by atoms with E-state index in [0.717, 1.165) is 0 Å². The van der Waals surface area contributed by atoms with Crippen molar-refractivity contribution in [3.8, 4) is 0 Å². The van der Waals surface area contributed by atoms with Gasteiger partial charge in [0.25, 0.3) is 0 Å². The van der Waals surface area contributed by atoms with E-state index in [1.54, 1.807) is 14.5 Å². The molecule has 0 amide bonds. The van der Waals surface area contributed by atoms with Crippen molar-refractivity contribution in [1.82, 2.24) is 0 Å². The Morgan fingerprint density at radius 1 is 0.857 bits per heavy atom. The summed E-state index contributed by atoms with van der Waals surface area (Å²) in [5.74, 6) is 0. The molecule has 0 aromatic rings. The van der Waals surface area contributed by atoms with Crippen molar-refractivity contribution in [3.05, 3.63) is 20.0 Å². The first-order valence-electron chi connectivity index (χ1n) is 4.00. The fraction of sp³-hybridized carbons (Fsp3) is 0.600. The second-order valence-corrected chi connectivity index (χ2v) is 5.67. The molecule has 0 saturated carbocycles. The Morgan fingerprint density at radius 2 is 1.21 bits per heavy atom. The van der Waals surface area contributed by atoms with Gasteiger partial charge in [-0.3, -0.25) is 0 Å². The predicted octanol–water partition coefficient (Wildman–Crippen LogP) is -5.80. The third kappa shape index (κ3) is 3.39. The van der Waals surface area contributed by atoms with Crippen LogP contribution >= 0.6 is 0 Å². The smallest absolute Gasteiger partial charge is 1.00 e. The second-order valence-electron chi connectivity index (χ2n) is 3.88. The summed E-state index contributed by atoms with van der Waals surface area (Å²) in [7, 11) is 0. The molecule has 0 heterocycles. The SMILES string of the molecule is CC1=C(C)C(C)(C)[C]([Hf+3])=C1C.[Br-].[Br-].[Br-]. The van der Waals surface area contributed by atoms with Crippen molar-refractivity contribution in [2.45, 2.75) is 34.6 Å². The van der Waals surface area contributed by atoms with Crippen molar-refractivity contribution in [2.24, 2.45) is 5.41 Å². The van der Waals surface area contributed by atoms with E-state index < -0.39 is 0 Å². The summed E-state index contributed by atoms with van der Waals surface area (Å²) < 4.78 is 1.67. The van der Waals surface area contributed by atoms with Crippen LogP contribution in [0.5, 0.6) is 0 Å². The second kappa shape index (κ2) is 7.18. The average molecular weight is 553 g/mol. The number of rotatable bonds is 0. The van der Waals surface area contributed by atoms with E-state index in [-0.39, 0.29) is 50.9 Å². The molecule has 0 aliphatic heterocycles. The van der Waals surface area contributed by atoms with Crippen molar-refractivity contribution < 1.29 is 75.3 Å². The number of allylic oxidation sites excluding steroid dienone is 4. The first-order valence-corrected chi connectivity index (χ1v) is 5.80. The van der Waals surface area contributed by atoms with E-state index in [0.29, 0.717) is 5.41 Å². The minimum absolute atomic E-state index is 0. The Bertz CT molecular complexity index is 239. The van der Waals surface area contributed by atoms with E-state index >= 15 is 0 Å². The van der Waals surface area contributed by atoms with E-state index in [1.807, 2.05) is 0 Å². The number of hydrogen-bond donors (Lipinski definition) is 0. The van der Waals surface area contributed by atoms with Gasteiger partial charge in [0.1, 0.15) is 0 Å². The molecule has 14 heavy (non-hydrogen) atoms. The fourth-order valence-corrected chi connectivity index (χ4v) is 2.94. The van der Waals surface area contributed by atoms with E-state index in [1.165, 1.54) is 29.9 Å². The van der Waals surface area contributed by atoms with E-state index in [9.17, 15) is 0 Å². The molecule has 1 aliphatic carbocycles. The summed E-state index contributed by atoms with van der Waals surface area (Å²) >= 11 is 1.21. The molecule has 1 aliphatic rings. The first kappa shape index (κ1) is 21.1. The Balaban J connectivity index is -0.000000403. The molecule has 0 radical (unpaired) electrons. The minimum Gasteiger partial charge on any atom is -1.00 e. The van der Waals surface area contributed by atoms with Crippen LogP contribution in [0.4, 0.5) is 0 Å². The van der Waals surface area contributed by atoms with Crippen LogP contribution in [0.1, 0.15) is 34.6 Å². The Kier molecular flexibility index (Phi) is 10.8. The summed E-state index contributed by atoms with van der Waals surface area (Å²) in [6, 6.07) is 0. The van der Waals surface area contributed by atoms with E-state index in [2.05, 4.69) is 34.6 Å². The van der Waals surface area contributed by atoms with Crippen molar-refractivity contribution >= 4 is 0 Å². The molecular formula is C10H15Br3Hf. The summed E-state index contributed by atoms with van der Waals surface area (Å²) in [4.78, 5) is 0. The van der Waals surface area contributed by atoms with Crippen LogP contribution in [-0.2, 0) is 24.4 Å². The van der Waals surface area contributed by atoms with Crippen LogP contribution in [0.3, 0.4) is 0 Å². The van der Waals surface area contributed by atoms with Crippen LogP contribution in [0.2, 0.25) is 0 Å². The molecule has 0 atom stereocenters. The predicted molar refractivity (Wildman–Crippen MR) is 44.9 cm³/mol. The first-order chi connectivity index (χ1) is 4.89. The van der Waals surface area contributed by atoms with Gasteiger partial charge in [-0.1, -0.05) is 0 Å². The van der Waals surface area contributed by atoms with Crippen molar-refractivity contribution in [3.63, 3.8) is 0 Å². The molecule has 4 heteroatoms. The monoisotopic (exact) mass is 552 g/mol. The molecule has 0 aromatic heterocycles. The van der Waals surface area contributed by atoms with Gasteiger partial charge in [-0.05, 0) is 0 Å². The molecule has 0 unspecified atom stereocenters. The molecule has 0 saturated heterocycles. The van der Waals surface area contributed by atoms with Crippen molar-refractivity contribution in [1.29, 1.82) is 0 Å².